The van der Waals surface area contributed by atoms with Crippen molar-refractivity contribution in [3.63, 3.8) is 0 Å². The van der Waals surface area contributed by atoms with Crippen LogP contribution in [0, 0.1) is 0 Å². The van der Waals surface area contributed by atoms with Crippen molar-refractivity contribution in [3.05, 3.63) is 0 Å². The molecule has 0 aliphatic carbocycles. The van der Waals surface area contributed by atoms with Crippen LogP contribution in [0.5, 0.6) is 0 Å². The predicted molar refractivity (Wildman–Crippen MR) is 80.3 cm³/mol. The second-order valence-corrected chi connectivity index (χ2v) is 4.90. The number of hydrogen-bond donors (Lipinski definition) is 6. The van der Waals surface area contributed by atoms with Crippen molar-refractivity contribution in [1.82, 2.24) is 5.32 Å². The van der Waals surface area contributed by atoms with E-state index in [0.717, 1.165) is 6.42 Å². The van der Waals surface area contributed by atoms with Gasteiger partial charge < -0.3 is 32.1 Å². The molecule has 2 atom stereocenters. The van der Waals surface area contributed by atoms with Gasteiger partial charge in [0.05, 0.1) is 0 Å². The summed E-state index contributed by atoms with van der Waals surface area (Å²) in [7, 11) is 0. The van der Waals surface area contributed by atoms with Gasteiger partial charge in [0.2, 0.25) is 0 Å². The van der Waals surface area contributed by atoms with E-state index in [4.69, 9.17) is 26.8 Å². The number of nitrogens with two attached hydrogens (primary N) is 2. The van der Waals surface area contributed by atoms with Crippen LogP contribution in [0.2, 0.25) is 0 Å². The first-order valence-corrected chi connectivity index (χ1v) is 7.24. The Labute approximate surface area is 133 Å². The van der Waals surface area contributed by atoms with Gasteiger partial charge in [0.15, 0.2) is 5.54 Å². The van der Waals surface area contributed by atoms with Gasteiger partial charge in [-0.15, -0.1) is 0 Å². The molecule has 0 aliphatic rings. The molecule has 10 heteroatoms. The summed E-state index contributed by atoms with van der Waals surface area (Å²) in [4.78, 5) is 20.7. The Morgan fingerprint density at radius 2 is 1.87 bits per heavy atom. The van der Waals surface area contributed by atoms with Crippen LogP contribution in [-0.4, -0.2) is 65.0 Å². The van der Waals surface area contributed by atoms with Crippen molar-refractivity contribution in [2.75, 3.05) is 19.7 Å². The third-order valence-corrected chi connectivity index (χ3v) is 2.94. The minimum Gasteiger partial charge on any atom is -0.480 e. The number of halogens is 2. The molecule has 0 aromatic rings. The number of carboxylic acid groups (broad SMARTS) is 2. The molecule has 0 rings (SSSR count). The Morgan fingerprint density at radius 1 is 1.30 bits per heavy atom. The summed E-state index contributed by atoms with van der Waals surface area (Å²) in [6, 6.07) is -0.597. The van der Waals surface area contributed by atoms with Crippen LogP contribution >= 0.6 is 0 Å². The Morgan fingerprint density at radius 3 is 2.17 bits per heavy atom. The lowest BCUT2D eigenvalue weighted by atomic mass is 9.95. The molecular formula is C13H27F2N3O5. The molecule has 0 amide bonds. The molecule has 0 aromatic heterocycles. The molecule has 0 aliphatic heterocycles. The SMILES string of the molecule is CCCNC(CCO)C(=O)O.NCCCC(N)(C(=O)O)C(F)F. The fourth-order valence-corrected chi connectivity index (χ4v) is 1.46. The number of aliphatic hydroxyl groups is 1. The summed E-state index contributed by atoms with van der Waals surface area (Å²) in [5, 5.41) is 28.2. The van der Waals surface area contributed by atoms with Crippen LogP contribution < -0.4 is 16.8 Å². The zero-order valence-corrected chi connectivity index (χ0v) is 13.2. The first-order chi connectivity index (χ1) is 10.7. The normalized spacial score (nSPS) is 14.6. The number of aliphatic carboxylic acids is 2. The maximum atomic E-state index is 12.1. The van der Waals surface area contributed by atoms with Crippen molar-refractivity contribution in [1.29, 1.82) is 0 Å². The maximum Gasteiger partial charge on any atom is 0.329 e. The smallest absolute Gasteiger partial charge is 0.329 e. The molecule has 0 fully saturated rings. The molecule has 0 heterocycles. The molecular weight excluding hydrogens is 316 g/mol. The zero-order chi connectivity index (χ0) is 18.5. The molecule has 8 N–H and O–H groups in total. The van der Waals surface area contributed by atoms with Gasteiger partial charge in [-0.1, -0.05) is 6.92 Å². The van der Waals surface area contributed by atoms with Gasteiger partial charge >= 0.3 is 11.9 Å². The van der Waals surface area contributed by atoms with Gasteiger partial charge in [-0.05, 0) is 38.8 Å². The van der Waals surface area contributed by atoms with Crippen molar-refractivity contribution < 1.29 is 33.7 Å². The third-order valence-electron chi connectivity index (χ3n) is 2.94. The van der Waals surface area contributed by atoms with Crippen LogP contribution in [0.25, 0.3) is 0 Å². The molecule has 0 bridgehead atoms. The first kappa shape index (κ1) is 23.9. The summed E-state index contributed by atoms with van der Waals surface area (Å²) in [5.74, 6) is -2.58. The highest BCUT2D eigenvalue weighted by molar-refractivity contribution is 5.79. The van der Waals surface area contributed by atoms with E-state index in [2.05, 4.69) is 5.32 Å². The quantitative estimate of drug-likeness (QED) is 0.295. The number of nitrogens with one attached hydrogen (secondary N) is 1. The van der Waals surface area contributed by atoms with Gasteiger partial charge in [-0.2, -0.15) is 0 Å². The highest BCUT2D eigenvalue weighted by Gasteiger charge is 2.42. The highest BCUT2D eigenvalue weighted by atomic mass is 19.3. The van der Waals surface area contributed by atoms with Crippen LogP contribution in [0.1, 0.15) is 32.6 Å². The number of rotatable bonds is 11. The molecule has 0 saturated heterocycles. The molecule has 138 valence electrons. The minimum absolute atomic E-state index is 0.0896. The monoisotopic (exact) mass is 343 g/mol. The molecule has 8 nitrogen and oxygen atoms in total. The van der Waals surface area contributed by atoms with E-state index < -0.39 is 29.9 Å². The lowest BCUT2D eigenvalue weighted by Crippen LogP contribution is -2.54. The van der Waals surface area contributed by atoms with E-state index in [0.29, 0.717) is 6.54 Å². The van der Waals surface area contributed by atoms with Crippen LogP contribution in [-0.2, 0) is 9.59 Å². The summed E-state index contributed by atoms with van der Waals surface area (Å²) in [6.45, 7) is 2.70. The minimum atomic E-state index is -3.07. The van der Waals surface area contributed by atoms with E-state index in [1.54, 1.807) is 0 Å². The number of aliphatic hydroxyl groups excluding tert-OH is 1. The van der Waals surface area contributed by atoms with Gasteiger partial charge in [0, 0.05) is 6.61 Å². The van der Waals surface area contributed by atoms with Crippen LogP contribution in [0.15, 0.2) is 0 Å². The van der Waals surface area contributed by atoms with Gasteiger partial charge in [0.25, 0.3) is 6.43 Å². The molecule has 0 radical (unpaired) electrons. The lowest BCUT2D eigenvalue weighted by molar-refractivity contribution is -0.150. The third kappa shape index (κ3) is 10.1. The fraction of sp³-hybridized carbons (Fsp3) is 0.846. The summed E-state index contributed by atoms with van der Waals surface area (Å²) in [6.07, 6.45) is -2.03. The first-order valence-electron chi connectivity index (χ1n) is 7.24. The van der Waals surface area contributed by atoms with E-state index in [-0.39, 0.29) is 32.4 Å². The molecule has 0 saturated carbocycles. The predicted octanol–water partition coefficient (Wildman–Crippen LogP) is -0.406. The van der Waals surface area contributed by atoms with Crippen molar-refractivity contribution in [2.24, 2.45) is 11.5 Å². The van der Waals surface area contributed by atoms with E-state index in [9.17, 15) is 18.4 Å². The average Bonchev–Trinajstić information content (AvgIpc) is 2.48. The summed E-state index contributed by atoms with van der Waals surface area (Å²) >= 11 is 0. The Balaban J connectivity index is 0. The number of carboxylic acids is 2. The number of carbonyl (C=O) groups is 2. The largest absolute Gasteiger partial charge is 0.480 e. The summed E-state index contributed by atoms with van der Waals surface area (Å²) < 4.78 is 24.2. The van der Waals surface area contributed by atoms with E-state index >= 15 is 0 Å². The lowest BCUT2D eigenvalue weighted by Gasteiger charge is -2.22. The topological polar surface area (TPSA) is 159 Å². The Kier molecular flexibility index (Phi) is 13.6. The highest BCUT2D eigenvalue weighted by Crippen LogP contribution is 2.18. The standard InChI is InChI=1S/C7H15NO3.C6H12F2N2O2/c1-2-4-8-6(3-5-9)7(10)11;7-4(8)6(10,5(11)12)2-1-3-9/h6,8-9H,2-5H2,1H3,(H,10,11);4H,1-3,9-10H2,(H,11,12). The van der Waals surface area contributed by atoms with E-state index in [1.165, 1.54) is 0 Å². The van der Waals surface area contributed by atoms with Gasteiger partial charge in [0.1, 0.15) is 6.04 Å². The Bertz CT molecular complexity index is 348. The van der Waals surface area contributed by atoms with Crippen LogP contribution in [0.4, 0.5) is 8.78 Å². The molecule has 0 aromatic carbocycles. The average molecular weight is 343 g/mol. The molecule has 2 unspecified atom stereocenters. The summed E-state index contributed by atoms with van der Waals surface area (Å²) in [5.41, 5.74) is 7.56. The molecule has 23 heavy (non-hydrogen) atoms. The number of alkyl halides is 2. The van der Waals surface area contributed by atoms with Gasteiger partial charge in [-0.3, -0.25) is 4.79 Å². The zero-order valence-electron chi connectivity index (χ0n) is 13.2. The molecule has 0 spiro atoms. The second-order valence-electron chi connectivity index (χ2n) is 4.90. The number of hydrogen-bond acceptors (Lipinski definition) is 6. The van der Waals surface area contributed by atoms with Crippen molar-refractivity contribution >= 4 is 11.9 Å². The fourth-order valence-electron chi connectivity index (χ4n) is 1.46. The van der Waals surface area contributed by atoms with Crippen LogP contribution in [0.3, 0.4) is 0 Å². The Hall–Kier alpha value is -1.36. The maximum absolute atomic E-state index is 12.1. The van der Waals surface area contributed by atoms with Crippen molar-refractivity contribution in [2.45, 2.75) is 50.6 Å². The van der Waals surface area contributed by atoms with Gasteiger partial charge in [-0.25, -0.2) is 13.6 Å². The second kappa shape index (κ2) is 13.1. The van der Waals surface area contributed by atoms with E-state index in [1.807, 2.05) is 6.92 Å². The van der Waals surface area contributed by atoms with Crippen molar-refractivity contribution in [3.8, 4) is 0 Å².